The second-order valence-electron chi connectivity index (χ2n) is 15.6. The average molecular weight is 748 g/mol. The molecule has 0 atom stereocenters. The smallest absolute Gasteiger partial charge is 0.126 e. The van der Waals surface area contributed by atoms with Gasteiger partial charge in [0.25, 0.3) is 0 Å². The molecule has 0 bridgehead atoms. The van der Waals surface area contributed by atoms with E-state index in [1.165, 1.54) is 40.5 Å². The summed E-state index contributed by atoms with van der Waals surface area (Å²) in [5.74, 6) is 0.450. The van der Waals surface area contributed by atoms with E-state index in [1.54, 1.807) is 31.4 Å². The summed E-state index contributed by atoms with van der Waals surface area (Å²) >= 11 is 0. The van der Waals surface area contributed by atoms with E-state index in [2.05, 4.69) is 108 Å². The molecule has 0 aliphatic heterocycles. The van der Waals surface area contributed by atoms with Crippen LogP contribution < -0.4 is 9.64 Å². The van der Waals surface area contributed by atoms with E-state index in [9.17, 15) is 8.78 Å². The van der Waals surface area contributed by atoms with E-state index in [1.807, 2.05) is 24.3 Å². The van der Waals surface area contributed by atoms with E-state index < -0.39 is 0 Å². The van der Waals surface area contributed by atoms with Gasteiger partial charge in [0.15, 0.2) is 0 Å². The van der Waals surface area contributed by atoms with E-state index in [0.717, 1.165) is 82.8 Å². The van der Waals surface area contributed by atoms with Gasteiger partial charge < -0.3 is 19.4 Å². The normalized spacial score (nSPS) is 13.1. The van der Waals surface area contributed by atoms with Gasteiger partial charge in [-0.2, -0.15) is 0 Å². The minimum Gasteiger partial charge on any atom is -0.496 e. The Morgan fingerprint density at radius 2 is 1.14 bits per heavy atom. The molecular formula is C50H51F2N3O. The zero-order valence-electron chi connectivity index (χ0n) is 32.8. The molecule has 0 aromatic heterocycles. The van der Waals surface area contributed by atoms with Crippen molar-refractivity contribution in [1.29, 1.82) is 0 Å². The highest BCUT2D eigenvalue weighted by Gasteiger charge is 2.26. The van der Waals surface area contributed by atoms with Crippen molar-refractivity contribution in [3.8, 4) is 5.75 Å². The lowest BCUT2D eigenvalue weighted by atomic mass is 9.96. The van der Waals surface area contributed by atoms with Crippen LogP contribution in [0.4, 0.5) is 14.5 Å². The quantitative estimate of drug-likeness (QED) is 0.0980. The van der Waals surface area contributed by atoms with Crippen LogP contribution in [-0.2, 0) is 32.4 Å². The van der Waals surface area contributed by atoms with Crippen molar-refractivity contribution in [2.75, 3.05) is 45.7 Å². The van der Waals surface area contributed by atoms with Gasteiger partial charge in [0.05, 0.1) is 7.11 Å². The summed E-state index contributed by atoms with van der Waals surface area (Å²) < 4.78 is 35.4. The first-order valence-corrected chi connectivity index (χ1v) is 20.0. The van der Waals surface area contributed by atoms with Crippen LogP contribution in [0, 0.1) is 11.6 Å². The van der Waals surface area contributed by atoms with Crippen LogP contribution in [0.5, 0.6) is 5.75 Å². The zero-order chi connectivity index (χ0) is 38.6. The van der Waals surface area contributed by atoms with Crippen LogP contribution in [0.25, 0.3) is 32.3 Å². The van der Waals surface area contributed by atoms with E-state index >= 15 is 0 Å². The van der Waals surface area contributed by atoms with Gasteiger partial charge in [-0.3, -0.25) is 0 Å². The Labute approximate surface area is 329 Å². The number of methoxy groups -OCH3 is 1. The van der Waals surface area contributed by atoms with Crippen molar-refractivity contribution < 1.29 is 13.5 Å². The van der Waals surface area contributed by atoms with Crippen molar-refractivity contribution in [2.24, 2.45) is 0 Å². The van der Waals surface area contributed by atoms with Crippen molar-refractivity contribution in [3.05, 3.63) is 167 Å². The Hall–Kier alpha value is -5.30. The number of ether oxygens (including phenoxy) is 1. The fourth-order valence-electron chi connectivity index (χ4n) is 8.42. The van der Waals surface area contributed by atoms with Crippen LogP contribution in [-0.4, -0.2) is 56.7 Å². The minimum absolute atomic E-state index is 0.213. The predicted octanol–water partition coefficient (Wildman–Crippen LogP) is 11.0. The Balaban J connectivity index is 1.04. The third kappa shape index (κ3) is 8.42. The number of benzene rings is 7. The summed E-state index contributed by atoms with van der Waals surface area (Å²) in [6, 6.07) is 43.1. The lowest BCUT2D eigenvalue weighted by Crippen LogP contribution is -2.26. The Kier molecular flexibility index (Phi) is 11.3. The fourth-order valence-corrected chi connectivity index (χ4v) is 8.42. The second-order valence-corrected chi connectivity index (χ2v) is 15.6. The van der Waals surface area contributed by atoms with Crippen molar-refractivity contribution >= 4 is 38.0 Å². The number of hydrogen-bond donors (Lipinski definition) is 0. The average Bonchev–Trinajstić information content (AvgIpc) is 4.07. The number of nitrogens with zero attached hydrogens (tertiary/aromatic N) is 3. The molecule has 0 N–H and O–H groups in total. The highest BCUT2D eigenvalue weighted by Crippen LogP contribution is 2.34. The monoisotopic (exact) mass is 747 g/mol. The predicted molar refractivity (Wildman–Crippen MR) is 229 cm³/mol. The SMILES string of the molecule is COc1cccc2c(CCN(C)Cc3ccc(CCN(Cc4ccccc4)c4ccc(CCN(C)C5CC5)c5cc(F)ccc45)c4cc(F)ccc34)cccc12. The first-order chi connectivity index (χ1) is 27.3. The molecule has 1 fully saturated rings. The third-order valence-electron chi connectivity index (χ3n) is 11.7. The van der Waals surface area contributed by atoms with Gasteiger partial charge in [-0.1, -0.05) is 84.9 Å². The fraction of sp³-hybridized carbons (Fsp3) is 0.280. The number of anilines is 1. The van der Waals surface area contributed by atoms with Crippen LogP contribution >= 0.6 is 0 Å². The highest BCUT2D eigenvalue weighted by atomic mass is 19.1. The number of fused-ring (bicyclic) bond motifs is 3. The number of likely N-dealkylation sites (N-methyl/N-ethyl adjacent to an activating group) is 2. The molecule has 56 heavy (non-hydrogen) atoms. The van der Waals surface area contributed by atoms with E-state index in [0.29, 0.717) is 19.1 Å². The molecule has 1 aliphatic rings. The van der Waals surface area contributed by atoms with Gasteiger partial charge in [0.2, 0.25) is 0 Å². The molecule has 286 valence electrons. The Morgan fingerprint density at radius 1 is 0.536 bits per heavy atom. The summed E-state index contributed by atoms with van der Waals surface area (Å²) in [6.45, 7) is 4.01. The molecule has 7 aromatic rings. The van der Waals surface area contributed by atoms with Crippen LogP contribution in [0.3, 0.4) is 0 Å². The molecule has 1 saturated carbocycles. The molecule has 1 aliphatic carbocycles. The Morgan fingerprint density at radius 3 is 1.89 bits per heavy atom. The van der Waals surface area contributed by atoms with Crippen molar-refractivity contribution in [3.63, 3.8) is 0 Å². The number of hydrogen-bond acceptors (Lipinski definition) is 4. The lowest BCUT2D eigenvalue weighted by Gasteiger charge is -2.28. The van der Waals surface area contributed by atoms with Crippen molar-refractivity contribution in [1.82, 2.24) is 9.80 Å². The third-order valence-corrected chi connectivity index (χ3v) is 11.7. The maximum Gasteiger partial charge on any atom is 0.126 e. The van der Waals surface area contributed by atoms with Gasteiger partial charge in [0, 0.05) is 55.2 Å². The van der Waals surface area contributed by atoms with Gasteiger partial charge >= 0.3 is 0 Å². The summed E-state index contributed by atoms with van der Waals surface area (Å²) in [7, 11) is 6.07. The first kappa shape index (κ1) is 37.6. The van der Waals surface area contributed by atoms with Crippen LogP contribution in [0.1, 0.15) is 40.7 Å². The molecule has 4 nitrogen and oxygen atoms in total. The highest BCUT2D eigenvalue weighted by molar-refractivity contribution is 5.97. The Bertz CT molecular complexity index is 2460. The van der Waals surface area contributed by atoms with Gasteiger partial charge in [-0.15, -0.1) is 0 Å². The largest absolute Gasteiger partial charge is 0.496 e. The van der Waals surface area contributed by atoms with E-state index in [4.69, 9.17) is 4.74 Å². The molecule has 0 spiro atoms. The maximum atomic E-state index is 15.0. The van der Waals surface area contributed by atoms with Crippen LogP contribution in [0.2, 0.25) is 0 Å². The summed E-state index contributed by atoms with van der Waals surface area (Å²) in [5.41, 5.74) is 7.06. The standard InChI is InChI=1S/C50H51F2N3O/c1-53(28-25-36-11-7-13-46-43(36)12-8-14-50(46)56-3)34-39-16-15-37(47-31-40(51)18-22-44(39)47)27-30-55(33-35-9-5-4-6-10-35)49-24-17-38(26-29-54(2)42-20-21-42)48-32-41(52)19-23-45(48)49/h4-19,22-24,31-32,42H,20-21,25-30,33-34H2,1-3H3. The molecule has 0 heterocycles. The van der Waals surface area contributed by atoms with Gasteiger partial charge in [-0.25, -0.2) is 8.78 Å². The molecule has 6 heteroatoms. The molecule has 8 rings (SSSR count). The second kappa shape index (κ2) is 16.8. The van der Waals surface area contributed by atoms with Crippen molar-refractivity contribution in [2.45, 2.75) is 51.2 Å². The van der Waals surface area contributed by atoms with Gasteiger partial charge in [0.1, 0.15) is 17.4 Å². The molecule has 0 unspecified atom stereocenters. The van der Waals surface area contributed by atoms with E-state index in [-0.39, 0.29) is 11.6 Å². The number of rotatable bonds is 16. The molecule has 0 saturated heterocycles. The van der Waals surface area contributed by atoms with Gasteiger partial charge in [-0.05, 0) is 138 Å². The van der Waals surface area contributed by atoms with Crippen LogP contribution in [0.15, 0.2) is 127 Å². The maximum absolute atomic E-state index is 15.0. The molecule has 0 radical (unpaired) electrons. The topological polar surface area (TPSA) is 19.0 Å². The molecule has 0 amide bonds. The minimum atomic E-state index is -0.229. The first-order valence-electron chi connectivity index (χ1n) is 20.0. The molecular weight excluding hydrogens is 697 g/mol. The summed E-state index contributed by atoms with van der Waals surface area (Å²) in [4.78, 5) is 7.19. The molecule has 7 aromatic carbocycles. The lowest BCUT2D eigenvalue weighted by molar-refractivity contribution is 0.329. The zero-order valence-corrected chi connectivity index (χ0v) is 32.8. The summed E-state index contributed by atoms with van der Waals surface area (Å²) in [5, 5.41) is 6.43. The summed E-state index contributed by atoms with van der Waals surface area (Å²) in [6.07, 6.45) is 5.05. The number of halogens is 2.